The Morgan fingerprint density at radius 1 is 0.938 bits per heavy atom. The summed E-state index contributed by atoms with van der Waals surface area (Å²) in [6, 6.07) is 16.1. The van der Waals surface area contributed by atoms with E-state index in [0.717, 1.165) is 17.5 Å². The molecule has 1 saturated heterocycles. The molecule has 0 amide bonds. The van der Waals surface area contributed by atoms with Gasteiger partial charge in [0.2, 0.25) is 10.0 Å². The summed E-state index contributed by atoms with van der Waals surface area (Å²) in [5.74, 6) is 0.895. The number of nitrogens with zero attached hydrogens (tertiary/aromatic N) is 1. The molecule has 0 radical (unpaired) electrons. The summed E-state index contributed by atoms with van der Waals surface area (Å²) in [4.78, 5) is 13.8. The monoisotopic (exact) mass is 449 g/mol. The van der Waals surface area contributed by atoms with Gasteiger partial charge in [-0.15, -0.1) is 0 Å². The van der Waals surface area contributed by atoms with Crippen molar-refractivity contribution in [1.29, 1.82) is 0 Å². The van der Waals surface area contributed by atoms with Crippen LogP contribution in [0.3, 0.4) is 0 Å². The molecule has 1 aliphatic heterocycles. The second-order valence-corrected chi connectivity index (χ2v) is 11.5. The van der Waals surface area contributed by atoms with E-state index in [2.05, 4.69) is 12.2 Å². The van der Waals surface area contributed by atoms with Gasteiger partial charge in [0, 0.05) is 5.92 Å². The van der Waals surface area contributed by atoms with Crippen LogP contribution in [0.25, 0.3) is 0 Å². The number of rotatable bonds is 4. The fourth-order valence-corrected chi connectivity index (χ4v) is 8.17. The van der Waals surface area contributed by atoms with Gasteiger partial charge in [-0.25, -0.2) is 8.42 Å². The standard InChI is InChI=1S/C26H27NO4S/c1-16-7-11-20(12-8-16)32(29,30)27-23(17-5-3-2-4-6-17)15-31-26(27)22-14-21-18-9-10-19(13-18)24(21)25(22)28/h2-12,18-19,21-24,26H,13-15H2,1H3/t18-,19+,21-,22-,23+,24-,26+/m0/s1. The molecule has 0 spiro atoms. The number of aryl methyl sites for hydroxylation is 1. The lowest BCUT2D eigenvalue weighted by atomic mass is 9.86. The Hall–Kier alpha value is -2.28. The highest BCUT2D eigenvalue weighted by Gasteiger charge is 2.59. The maximum Gasteiger partial charge on any atom is 0.245 e. The van der Waals surface area contributed by atoms with Gasteiger partial charge >= 0.3 is 0 Å². The van der Waals surface area contributed by atoms with Crippen LogP contribution in [0.15, 0.2) is 71.6 Å². The highest BCUT2D eigenvalue weighted by atomic mass is 32.2. The highest BCUT2D eigenvalue weighted by molar-refractivity contribution is 7.89. The van der Waals surface area contributed by atoms with Gasteiger partial charge in [-0.2, -0.15) is 4.31 Å². The number of benzene rings is 2. The van der Waals surface area contributed by atoms with Gasteiger partial charge in [-0.1, -0.05) is 60.2 Å². The fraction of sp³-hybridized carbons (Fsp3) is 0.423. The van der Waals surface area contributed by atoms with Gasteiger partial charge in [0.15, 0.2) is 0 Å². The number of allylic oxidation sites excluding steroid dienone is 2. The normalized spacial score (nSPS) is 36.2. The number of sulfonamides is 1. The first-order valence-corrected chi connectivity index (χ1v) is 12.9. The number of hydrogen-bond acceptors (Lipinski definition) is 4. The third kappa shape index (κ3) is 2.96. The second kappa shape index (κ2) is 7.37. The van der Waals surface area contributed by atoms with Crippen molar-refractivity contribution in [2.24, 2.45) is 29.6 Å². The first kappa shape index (κ1) is 20.3. The SMILES string of the molecule is Cc1ccc(S(=O)(=O)N2[C@@H](c3ccccc3)CO[C@@H]2[C@H]2C[C@@H]3[C@@H](C2=O)[C@@H]2C=C[C@H]3C2)cc1. The molecule has 2 bridgehead atoms. The molecule has 3 fully saturated rings. The van der Waals surface area contributed by atoms with Gasteiger partial charge in [0.1, 0.15) is 12.0 Å². The minimum atomic E-state index is -3.86. The summed E-state index contributed by atoms with van der Waals surface area (Å²) in [5, 5.41) is 0. The Kier molecular flexibility index (Phi) is 4.68. The Labute approximate surface area is 189 Å². The Balaban J connectivity index is 1.40. The van der Waals surface area contributed by atoms with Gasteiger partial charge in [-0.3, -0.25) is 4.79 Å². The highest BCUT2D eigenvalue weighted by Crippen LogP contribution is 2.57. The lowest BCUT2D eigenvalue weighted by molar-refractivity contribution is -0.129. The van der Waals surface area contributed by atoms with E-state index in [-0.39, 0.29) is 23.2 Å². The molecule has 3 aliphatic carbocycles. The van der Waals surface area contributed by atoms with Crippen molar-refractivity contribution >= 4 is 15.8 Å². The molecule has 166 valence electrons. The van der Waals surface area contributed by atoms with Crippen LogP contribution in [0.1, 0.15) is 30.0 Å². The molecule has 2 aromatic carbocycles. The van der Waals surface area contributed by atoms with Gasteiger partial charge in [0.25, 0.3) is 0 Å². The van der Waals surface area contributed by atoms with E-state index in [1.807, 2.05) is 49.4 Å². The molecular weight excluding hydrogens is 422 g/mol. The fourth-order valence-electron chi connectivity index (χ4n) is 6.44. The van der Waals surface area contributed by atoms with Crippen molar-refractivity contribution in [3.63, 3.8) is 0 Å². The number of carbonyl (C=O) groups excluding carboxylic acids is 1. The van der Waals surface area contributed by atoms with Crippen LogP contribution in [-0.2, 0) is 19.6 Å². The van der Waals surface area contributed by atoms with E-state index in [9.17, 15) is 13.2 Å². The smallest absolute Gasteiger partial charge is 0.245 e. The number of carbonyl (C=O) groups is 1. The van der Waals surface area contributed by atoms with Gasteiger partial charge in [-0.05, 0) is 55.2 Å². The van der Waals surface area contributed by atoms with Crippen molar-refractivity contribution < 1.29 is 17.9 Å². The summed E-state index contributed by atoms with van der Waals surface area (Å²) < 4.78 is 35.5. The number of ether oxygens (including phenoxy) is 1. The van der Waals surface area contributed by atoms with E-state index in [1.54, 1.807) is 12.1 Å². The van der Waals surface area contributed by atoms with E-state index in [4.69, 9.17) is 4.74 Å². The summed E-state index contributed by atoms with van der Waals surface area (Å²) in [7, 11) is -3.86. The molecule has 1 heterocycles. The van der Waals surface area contributed by atoms with Gasteiger partial charge < -0.3 is 4.74 Å². The topological polar surface area (TPSA) is 63.7 Å². The lowest BCUT2D eigenvalue weighted by Gasteiger charge is -2.31. The lowest BCUT2D eigenvalue weighted by Crippen LogP contribution is -2.44. The third-order valence-corrected chi connectivity index (χ3v) is 9.84. The molecule has 5 nitrogen and oxygen atoms in total. The quantitative estimate of drug-likeness (QED) is 0.659. The van der Waals surface area contributed by atoms with Crippen LogP contribution < -0.4 is 0 Å². The Bertz CT molecular complexity index is 1170. The molecule has 7 atom stereocenters. The number of fused-ring (bicyclic) bond motifs is 5. The van der Waals surface area contributed by atoms with E-state index in [1.165, 1.54) is 4.31 Å². The predicted octanol–water partition coefficient (Wildman–Crippen LogP) is 4.11. The van der Waals surface area contributed by atoms with Crippen LogP contribution in [0.4, 0.5) is 0 Å². The Morgan fingerprint density at radius 2 is 1.66 bits per heavy atom. The molecule has 0 N–H and O–H groups in total. The minimum Gasteiger partial charge on any atom is -0.359 e. The van der Waals surface area contributed by atoms with Crippen LogP contribution in [0.5, 0.6) is 0 Å². The molecule has 0 unspecified atom stereocenters. The van der Waals surface area contributed by atoms with Crippen LogP contribution >= 0.6 is 0 Å². The molecular formula is C26H27NO4S. The number of Topliss-reactive ketones (excluding diaryl/α,β-unsaturated/α-hetero) is 1. The zero-order valence-corrected chi connectivity index (χ0v) is 18.8. The zero-order chi connectivity index (χ0) is 22.0. The number of ketones is 1. The van der Waals surface area contributed by atoms with Crippen LogP contribution in [-0.4, -0.2) is 31.3 Å². The van der Waals surface area contributed by atoms with Crippen molar-refractivity contribution in [2.45, 2.75) is 36.9 Å². The largest absolute Gasteiger partial charge is 0.359 e. The first-order valence-electron chi connectivity index (χ1n) is 11.4. The van der Waals surface area contributed by atoms with Crippen LogP contribution in [0.2, 0.25) is 0 Å². The van der Waals surface area contributed by atoms with E-state index >= 15 is 0 Å². The van der Waals surface area contributed by atoms with E-state index < -0.39 is 28.2 Å². The van der Waals surface area contributed by atoms with E-state index in [0.29, 0.717) is 24.2 Å². The summed E-state index contributed by atoms with van der Waals surface area (Å²) >= 11 is 0. The molecule has 4 aliphatic rings. The molecule has 0 aromatic heterocycles. The molecule has 6 rings (SSSR count). The minimum absolute atomic E-state index is 0.0262. The van der Waals surface area contributed by atoms with Crippen molar-refractivity contribution in [3.8, 4) is 0 Å². The van der Waals surface area contributed by atoms with Crippen molar-refractivity contribution in [1.82, 2.24) is 4.31 Å². The number of hydrogen-bond donors (Lipinski definition) is 0. The average Bonchev–Trinajstić information content (AvgIpc) is 3.56. The summed E-state index contributed by atoms with van der Waals surface area (Å²) in [6.45, 7) is 2.19. The first-order chi connectivity index (χ1) is 15.4. The van der Waals surface area contributed by atoms with Gasteiger partial charge in [0.05, 0.1) is 23.5 Å². The molecule has 2 saturated carbocycles. The zero-order valence-electron chi connectivity index (χ0n) is 18.0. The molecule has 32 heavy (non-hydrogen) atoms. The third-order valence-electron chi connectivity index (χ3n) is 7.95. The maximum atomic E-state index is 13.9. The Morgan fingerprint density at radius 3 is 2.38 bits per heavy atom. The van der Waals surface area contributed by atoms with Crippen molar-refractivity contribution in [3.05, 3.63) is 77.9 Å². The van der Waals surface area contributed by atoms with Crippen molar-refractivity contribution in [2.75, 3.05) is 6.61 Å². The predicted molar refractivity (Wildman–Crippen MR) is 120 cm³/mol. The average molecular weight is 450 g/mol. The maximum absolute atomic E-state index is 13.9. The summed E-state index contributed by atoms with van der Waals surface area (Å²) in [6.07, 6.45) is 5.46. The van der Waals surface area contributed by atoms with Crippen LogP contribution in [0, 0.1) is 36.5 Å². The molecule has 2 aromatic rings. The molecule has 6 heteroatoms. The second-order valence-electron chi connectivity index (χ2n) is 9.68. The summed E-state index contributed by atoms with van der Waals surface area (Å²) in [5.41, 5.74) is 1.89.